The third-order valence-corrected chi connectivity index (χ3v) is 5.30. The molecular weight excluding hydrogens is 408 g/mol. The molecule has 4 N–H and O–H groups in total. The second-order valence-electron chi connectivity index (χ2n) is 6.66. The number of halogens is 1. The predicted octanol–water partition coefficient (Wildman–Crippen LogP) is 3.88. The van der Waals surface area contributed by atoms with Crippen LogP contribution in [0, 0.1) is 0 Å². The molecule has 0 radical (unpaired) electrons. The molecule has 1 aromatic heterocycles. The van der Waals surface area contributed by atoms with Gasteiger partial charge in [-0.05, 0) is 55.3 Å². The van der Waals surface area contributed by atoms with Crippen molar-refractivity contribution in [3.05, 3.63) is 58.2 Å². The van der Waals surface area contributed by atoms with Gasteiger partial charge in [0.2, 0.25) is 5.91 Å². The summed E-state index contributed by atoms with van der Waals surface area (Å²) in [4.78, 5) is 29.7. The molecular formula is C20H19BrN4O2. The van der Waals surface area contributed by atoms with Gasteiger partial charge in [0.25, 0.3) is 5.91 Å². The highest BCUT2D eigenvalue weighted by Crippen LogP contribution is 2.31. The molecule has 2 heterocycles. The van der Waals surface area contributed by atoms with Crippen LogP contribution in [0.3, 0.4) is 0 Å². The van der Waals surface area contributed by atoms with Crippen molar-refractivity contribution in [3.8, 4) is 0 Å². The number of carbonyl (C=O) groups excluding carboxylic acids is 2. The Balaban J connectivity index is 1.67. The van der Waals surface area contributed by atoms with Crippen molar-refractivity contribution in [2.45, 2.75) is 12.8 Å². The molecule has 0 aliphatic carbocycles. The number of carbonyl (C=O) groups is 2. The second kappa shape index (κ2) is 7.08. The van der Waals surface area contributed by atoms with E-state index < -0.39 is 5.91 Å². The maximum Gasteiger partial charge on any atom is 0.272 e. The Morgan fingerprint density at radius 2 is 1.85 bits per heavy atom. The summed E-state index contributed by atoms with van der Waals surface area (Å²) in [6.45, 7) is 1.86. The molecule has 0 saturated carbocycles. The molecule has 0 spiro atoms. The summed E-state index contributed by atoms with van der Waals surface area (Å²) >= 11 is 3.44. The van der Waals surface area contributed by atoms with Crippen LogP contribution in [-0.4, -0.2) is 29.9 Å². The Hall–Kier alpha value is -2.80. The molecule has 2 amide bonds. The van der Waals surface area contributed by atoms with Crippen molar-refractivity contribution in [1.82, 2.24) is 4.98 Å². The molecule has 2 aromatic carbocycles. The average Bonchev–Trinajstić information content (AvgIpc) is 3.30. The number of anilines is 2. The van der Waals surface area contributed by atoms with Gasteiger partial charge in [-0.1, -0.05) is 15.9 Å². The zero-order valence-corrected chi connectivity index (χ0v) is 16.2. The summed E-state index contributed by atoms with van der Waals surface area (Å²) in [6, 6.07) is 12.8. The number of primary amides is 1. The Kier molecular flexibility index (Phi) is 4.61. The summed E-state index contributed by atoms with van der Waals surface area (Å²) in [6.07, 6.45) is 2.23. The quantitative estimate of drug-likeness (QED) is 0.590. The Bertz CT molecular complexity index is 1040. The van der Waals surface area contributed by atoms with Gasteiger partial charge in [0, 0.05) is 34.0 Å². The van der Waals surface area contributed by atoms with E-state index in [1.807, 2.05) is 30.3 Å². The number of fused-ring (bicyclic) bond motifs is 1. The van der Waals surface area contributed by atoms with E-state index in [4.69, 9.17) is 5.73 Å². The smallest absolute Gasteiger partial charge is 0.272 e. The van der Waals surface area contributed by atoms with Crippen LogP contribution >= 0.6 is 15.9 Å². The Morgan fingerprint density at radius 1 is 1.07 bits per heavy atom. The number of benzene rings is 2. The maximum absolute atomic E-state index is 12.8. The van der Waals surface area contributed by atoms with Crippen LogP contribution in [0.1, 0.15) is 33.7 Å². The van der Waals surface area contributed by atoms with Crippen LogP contribution in [-0.2, 0) is 0 Å². The molecule has 1 aliphatic heterocycles. The van der Waals surface area contributed by atoms with Crippen molar-refractivity contribution in [2.75, 3.05) is 23.3 Å². The highest BCUT2D eigenvalue weighted by molar-refractivity contribution is 9.10. The number of hydrogen-bond acceptors (Lipinski definition) is 3. The Morgan fingerprint density at radius 3 is 2.59 bits per heavy atom. The molecule has 1 fully saturated rings. The molecule has 0 bridgehead atoms. The molecule has 3 aromatic rings. The van der Waals surface area contributed by atoms with Crippen molar-refractivity contribution in [1.29, 1.82) is 0 Å². The monoisotopic (exact) mass is 426 g/mol. The Labute approximate surface area is 164 Å². The van der Waals surface area contributed by atoms with Crippen LogP contribution < -0.4 is 16.0 Å². The van der Waals surface area contributed by atoms with E-state index in [1.165, 1.54) is 0 Å². The van der Waals surface area contributed by atoms with Crippen molar-refractivity contribution >= 4 is 50.0 Å². The van der Waals surface area contributed by atoms with Crippen LogP contribution in [0.15, 0.2) is 46.9 Å². The van der Waals surface area contributed by atoms with Crippen LogP contribution in [0.5, 0.6) is 0 Å². The van der Waals surface area contributed by atoms with E-state index in [0.29, 0.717) is 16.9 Å². The molecule has 1 saturated heterocycles. The summed E-state index contributed by atoms with van der Waals surface area (Å²) < 4.78 is 0.950. The van der Waals surface area contributed by atoms with Gasteiger partial charge in [-0.25, -0.2) is 0 Å². The highest BCUT2D eigenvalue weighted by Gasteiger charge is 2.19. The molecule has 7 heteroatoms. The minimum atomic E-state index is -0.520. The van der Waals surface area contributed by atoms with Gasteiger partial charge < -0.3 is 20.9 Å². The number of rotatable bonds is 4. The number of nitrogens with two attached hydrogens (primary N) is 1. The third-order valence-electron chi connectivity index (χ3n) is 4.80. The van der Waals surface area contributed by atoms with E-state index in [0.717, 1.165) is 47.0 Å². The third kappa shape index (κ3) is 3.55. The lowest BCUT2D eigenvalue weighted by Crippen LogP contribution is -2.22. The van der Waals surface area contributed by atoms with E-state index >= 15 is 0 Å². The van der Waals surface area contributed by atoms with Crippen LogP contribution in [0.25, 0.3) is 10.9 Å². The fraction of sp³-hybridized carbons (Fsp3) is 0.200. The van der Waals surface area contributed by atoms with Crippen molar-refractivity contribution < 1.29 is 9.59 Å². The minimum Gasteiger partial charge on any atom is -0.370 e. The molecule has 138 valence electrons. The lowest BCUT2D eigenvalue weighted by molar-refractivity contribution is 0.0995. The van der Waals surface area contributed by atoms with E-state index in [9.17, 15) is 9.59 Å². The first-order chi connectivity index (χ1) is 13.0. The lowest BCUT2D eigenvalue weighted by atomic mass is 10.1. The van der Waals surface area contributed by atoms with Crippen LogP contribution in [0.2, 0.25) is 0 Å². The average molecular weight is 427 g/mol. The molecule has 1 aliphatic rings. The van der Waals surface area contributed by atoms with Gasteiger partial charge in [0.1, 0.15) is 5.69 Å². The molecule has 4 rings (SSSR count). The number of aromatic amines is 1. The maximum atomic E-state index is 12.8. The fourth-order valence-corrected chi connectivity index (χ4v) is 3.82. The first-order valence-corrected chi connectivity index (χ1v) is 9.59. The van der Waals surface area contributed by atoms with Gasteiger partial charge >= 0.3 is 0 Å². The summed E-state index contributed by atoms with van der Waals surface area (Å²) in [5.41, 5.74) is 8.63. The molecule has 0 unspecified atom stereocenters. The fourth-order valence-electron chi connectivity index (χ4n) is 3.44. The first-order valence-electron chi connectivity index (χ1n) is 8.80. The zero-order valence-electron chi connectivity index (χ0n) is 14.6. The van der Waals surface area contributed by atoms with Gasteiger partial charge in [-0.3, -0.25) is 9.59 Å². The van der Waals surface area contributed by atoms with E-state index in [2.05, 4.69) is 31.1 Å². The number of amides is 2. The van der Waals surface area contributed by atoms with Crippen LogP contribution in [0.4, 0.5) is 11.4 Å². The zero-order chi connectivity index (χ0) is 19.0. The number of nitrogens with zero attached hydrogens (tertiary/aromatic N) is 1. The number of nitrogens with one attached hydrogen (secondary N) is 2. The summed E-state index contributed by atoms with van der Waals surface area (Å²) in [5, 5.41) is 3.89. The van der Waals surface area contributed by atoms with E-state index in [1.54, 1.807) is 12.1 Å². The van der Waals surface area contributed by atoms with Gasteiger partial charge in [0.15, 0.2) is 0 Å². The predicted molar refractivity (Wildman–Crippen MR) is 110 cm³/mol. The van der Waals surface area contributed by atoms with Crippen molar-refractivity contribution in [3.63, 3.8) is 0 Å². The van der Waals surface area contributed by atoms with Gasteiger partial charge in [-0.15, -0.1) is 0 Å². The van der Waals surface area contributed by atoms with Gasteiger partial charge in [0.05, 0.1) is 11.4 Å². The highest BCUT2D eigenvalue weighted by atomic mass is 79.9. The number of aromatic nitrogens is 1. The first kappa shape index (κ1) is 17.6. The summed E-state index contributed by atoms with van der Waals surface area (Å²) in [7, 11) is 0. The number of H-pyrrole nitrogens is 1. The molecule has 6 nitrogen and oxygen atoms in total. The minimum absolute atomic E-state index is 0.260. The van der Waals surface area contributed by atoms with Crippen molar-refractivity contribution in [2.24, 2.45) is 5.73 Å². The topological polar surface area (TPSA) is 91.2 Å². The molecule has 0 atom stereocenters. The van der Waals surface area contributed by atoms with E-state index in [-0.39, 0.29) is 5.91 Å². The SMILES string of the molecule is NC(=O)c1ccc(N2CCCC2)c(NC(=O)c2cc3cc(Br)ccc3[nH]2)c1. The standard InChI is InChI=1S/C20H19BrN4O2/c21-14-4-5-15-13(9-14)11-17(23-15)20(27)24-16-10-12(19(22)26)3-6-18(16)25-7-1-2-8-25/h3-6,9-11,23H,1-2,7-8H2,(H2,22,26)(H,24,27). The largest absolute Gasteiger partial charge is 0.370 e. The number of hydrogen-bond donors (Lipinski definition) is 3. The molecule has 27 heavy (non-hydrogen) atoms. The second-order valence-corrected chi connectivity index (χ2v) is 7.57. The lowest BCUT2D eigenvalue weighted by Gasteiger charge is -2.22. The van der Waals surface area contributed by atoms with Gasteiger partial charge in [-0.2, -0.15) is 0 Å². The normalized spacial score (nSPS) is 13.9. The summed E-state index contributed by atoms with van der Waals surface area (Å²) in [5.74, 6) is -0.779.